The van der Waals surface area contributed by atoms with Crippen molar-refractivity contribution in [3.05, 3.63) is 70.0 Å². The maximum Gasteiger partial charge on any atom is 0.416 e. The number of amides is 2. The van der Waals surface area contributed by atoms with Crippen LogP contribution in [-0.4, -0.2) is 54.8 Å². The fraction of sp³-hybridized carbons (Fsp3) is 0.481. The molecule has 1 heterocycles. The first kappa shape index (κ1) is 33.3. The Bertz CT molecular complexity index is 1170. The Morgan fingerprint density at radius 3 is 2.15 bits per heavy atom. The zero-order valence-electron chi connectivity index (χ0n) is 22.1. The zero-order valence-corrected chi connectivity index (χ0v) is 22.9. The van der Waals surface area contributed by atoms with Gasteiger partial charge in [0, 0.05) is 52.0 Å². The minimum absolute atomic E-state index is 0. The molecule has 0 bridgehead atoms. The number of benzene rings is 2. The van der Waals surface area contributed by atoms with Crippen molar-refractivity contribution in [3.8, 4) is 0 Å². The van der Waals surface area contributed by atoms with E-state index >= 15 is 0 Å². The van der Waals surface area contributed by atoms with E-state index in [1.165, 1.54) is 26.1 Å². The summed E-state index contributed by atoms with van der Waals surface area (Å²) in [7, 11) is 1.34. The van der Waals surface area contributed by atoms with Gasteiger partial charge in [-0.1, -0.05) is 6.07 Å². The van der Waals surface area contributed by atoms with Gasteiger partial charge in [0.1, 0.15) is 5.82 Å². The fourth-order valence-electron chi connectivity index (χ4n) is 5.02. The van der Waals surface area contributed by atoms with E-state index in [-0.39, 0.29) is 29.9 Å². The lowest BCUT2D eigenvalue weighted by molar-refractivity contribution is -0.143. The molecule has 1 fully saturated rings. The van der Waals surface area contributed by atoms with Crippen molar-refractivity contribution in [2.24, 2.45) is 5.92 Å². The number of piperidine rings is 1. The molecule has 0 aromatic heterocycles. The van der Waals surface area contributed by atoms with E-state index in [0.717, 1.165) is 10.5 Å². The highest BCUT2D eigenvalue weighted by molar-refractivity contribution is 5.85. The Hall–Kier alpha value is -2.86. The van der Waals surface area contributed by atoms with Gasteiger partial charge in [0.2, 0.25) is 11.8 Å². The molecule has 1 saturated heterocycles. The van der Waals surface area contributed by atoms with Crippen LogP contribution in [0.25, 0.3) is 0 Å². The van der Waals surface area contributed by atoms with E-state index in [1.807, 2.05) is 0 Å². The van der Waals surface area contributed by atoms with Gasteiger partial charge < -0.3 is 15.1 Å². The molecular weight excluding hydrogens is 567 g/mol. The number of hydrogen-bond acceptors (Lipinski definition) is 3. The Morgan fingerprint density at radius 1 is 1.02 bits per heavy atom. The second-order valence-corrected chi connectivity index (χ2v) is 9.89. The van der Waals surface area contributed by atoms with Crippen LogP contribution in [0.3, 0.4) is 0 Å². The smallest absolute Gasteiger partial charge is 0.355 e. The predicted molar refractivity (Wildman–Crippen MR) is 137 cm³/mol. The van der Waals surface area contributed by atoms with E-state index in [0.29, 0.717) is 50.3 Å². The number of likely N-dealkylation sites (tertiary alicyclic amines) is 1. The number of carbonyl (C=O) groups is 2. The number of nitrogens with zero attached hydrogens (tertiary/aromatic N) is 2. The van der Waals surface area contributed by atoms with Gasteiger partial charge in [0.15, 0.2) is 0 Å². The minimum atomic E-state index is -4.99. The number of halogens is 8. The van der Waals surface area contributed by atoms with Gasteiger partial charge in [-0.3, -0.25) is 9.59 Å². The number of rotatable bonds is 7. The summed E-state index contributed by atoms with van der Waals surface area (Å²) in [6.07, 6.45) is -9.62. The van der Waals surface area contributed by atoms with Crippen molar-refractivity contribution >= 4 is 24.2 Å². The summed E-state index contributed by atoms with van der Waals surface area (Å²) in [6, 6.07) is 5.50. The lowest BCUT2D eigenvalue weighted by atomic mass is 9.78. The van der Waals surface area contributed by atoms with Gasteiger partial charge in [-0.05, 0) is 66.9 Å². The molecule has 5 nitrogen and oxygen atoms in total. The van der Waals surface area contributed by atoms with Gasteiger partial charge in [-0.2, -0.15) is 26.3 Å². The summed E-state index contributed by atoms with van der Waals surface area (Å²) in [6.45, 7) is 4.44. The summed E-state index contributed by atoms with van der Waals surface area (Å²) in [5.41, 5.74) is -1.83. The minimum Gasteiger partial charge on any atom is -0.355 e. The summed E-state index contributed by atoms with van der Waals surface area (Å²) in [5, 5.41) is 2.71. The van der Waals surface area contributed by atoms with Gasteiger partial charge in [-0.25, -0.2) is 4.39 Å². The van der Waals surface area contributed by atoms with E-state index in [9.17, 15) is 40.3 Å². The van der Waals surface area contributed by atoms with Crippen LogP contribution in [0.5, 0.6) is 0 Å². The van der Waals surface area contributed by atoms with Crippen LogP contribution in [0.1, 0.15) is 47.1 Å². The average molecular weight is 598 g/mol. The first-order valence-electron chi connectivity index (χ1n) is 12.3. The van der Waals surface area contributed by atoms with Gasteiger partial charge in [0.25, 0.3) is 0 Å². The fourth-order valence-corrected chi connectivity index (χ4v) is 5.02. The first-order chi connectivity index (χ1) is 18.1. The third-order valence-electron chi connectivity index (χ3n) is 6.89. The summed E-state index contributed by atoms with van der Waals surface area (Å²) < 4.78 is 93.6. The van der Waals surface area contributed by atoms with Gasteiger partial charge in [-0.15, -0.1) is 12.4 Å². The average Bonchev–Trinajstić information content (AvgIpc) is 2.82. The number of aryl methyl sites for hydroxylation is 1. The Labute approximate surface area is 234 Å². The van der Waals surface area contributed by atoms with Crippen molar-refractivity contribution in [2.45, 2.75) is 45.1 Å². The standard InChI is InChI=1S/C27H30F7N3O2.ClH/c1-16-10-21(28)4-5-22(16)24-15-37(9-7-35-17(2)38)8-6-23(24)25(39)36(3)14-18-11-19(26(29,30)31)13-20(12-18)27(32,33)34;/h4-5,10-13,23-24H,6-9,14-15H2,1-3H3,(H,35,38);1H. The number of carbonyl (C=O) groups excluding carboxylic acids is 2. The topological polar surface area (TPSA) is 52.7 Å². The Kier molecular flexibility index (Phi) is 11.0. The molecule has 1 aliphatic rings. The molecule has 2 atom stereocenters. The number of nitrogens with one attached hydrogen (secondary N) is 1. The van der Waals surface area contributed by atoms with Crippen molar-refractivity contribution in [1.29, 1.82) is 0 Å². The van der Waals surface area contributed by atoms with Crippen LogP contribution in [0.2, 0.25) is 0 Å². The first-order valence-corrected chi connectivity index (χ1v) is 12.3. The third-order valence-corrected chi connectivity index (χ3v) is 6.89. The summed E-state index contributed by atoms with van der Waals surface area (Å²) >= 11 is 0. The van der Waals surface area contributed by atoms with Crippen LogP contribution < -0.4 is 5.32 Å². The molecular formula is C27H31ClF7N3O2. The molecule has 222 valence electrons. The normalized spacial score (nSPS) is 18.1. The van der Waals surface area contributed by atoms with E-state index < -0.39 is 53.6 Å². The van der Waals surface area contributed by atoms with Crippen molar-refractivity contribution in [2.75, 3.05) is 33.2 Å². The Morgan fingerprint density at radius 2 is 1.62 bits per heavy atom. The molecule has 2 amide bonds. The quantitative estimate of drug-likeness (QED) is 0.411. The van der Waals surface area contributed by atoms with Crippen LogP contribution in [-0.2, 0) is 28.5 Å². The van der Waals surface area contributed by atoms with Crippen LogP contribution in [0, 0.1) is 18.7 Å². The predicted octanol–water partition coefficient (Wildman–Crippen LogP) is 5.79. The van der Waals surface area contributed by atoms with E-state index in [1.54, 1.807) is 13.0 Å². The largest absolute Gasteiger partial charge is 0.416 e. The number of alkyl halides is 6. The molecule has 3 rings (SSSR count). The highest BCUT2D eigenvalue weighted by Gasteiger charge is 2.39. The van der Waals surface area contributed by atoms with Crippen molar-refractivity contribution in [1.82, 2.24) is 15.1 Å². The second-order valence-electron chi connectivity index (χ2n) is 9.89. The summed E-state index contributed by atoms with van der Waals surface area (Å²) in [5.74, 6) is -2.10. The molecule has 0 spiro atoms. The monoisotopic (exact) mass is 597 g/mol. The van der Waals surface area contributed by atoms with Gasteiger partial charge in [0.05, 0.1) is 11.1 Å². The molecule has 40 heavy (non-hydrogen) atoms. The van der Waals surface area contributed by atoms with Crippen molar-refractivity contribution in [3.63, 3.8) is 0 Å². The lowest BCUT2D eigenvalue weighted by Crippen LogP contribution is -2.47. The maximum absolute atomic E-state index is 13.8. The third kappa shape index (κ3) is 8.57. The van der Waals surface area contributed by atoms with Crippen molar-refractivity contribution < 1.29 is 40.3 Å². The lowest BCUT2D eigenvalue weighted by Gasteiger charge is -2.40. The van der Waals surface area contributed by atoms with Crippen LogP contribution >= 0.6 is 12.4 Å². The molecule has 0 saturated carbocycles. The van der Waals surface area contributed by atoms with Gasteiger partial charge >= 0.3 is 12.4 Å². The number of hydrogen-bond donors (Lipinski definition) is 1. The van der Waals surface area contributed by atoms with Crippen LogP contribution in [0.4, 0.5) is 30.7 Å². The SMILES string of the molecule is CC(=O)NCCN1CCC(C(=O)N(C)Cc2cc(C(F)(F)F)cc(C(F)(F)F)c2)C(c2ccc(F)cc2C)C1.Cl. The zero-order chi connectivity index (χ0) is 29.1. The molecule has 2 unspecified atom stereocenters. The molecule has 0 radical (unpaired) electrons. The molecule has 1 aliphatic heterocycles. The molecule has 2 aromatic rings. The van der Waals surface area contributed by atoms with Crippen LogP contribution in [0.15, 0.2) is 36.4 Å². The molecule has 2 aromatic carbocycles. The van der Waals surface area contributed by atoms with E-state index in [4.69, 9.17) is 0 Å². The highest BCUT2D eigenvalue weighted by Crippen LogP contribution is 2.38. The second kappa shape index (κ2) is 13.2. The maximum atomic E-state index is 13.8. The molecule has 1 N–H and O–H groups in total. The molecule has 13 heteroatoms. The Balaban J connectivity index is 0.00000560. The van der Waals surface area contributed by atoms with E-state index in [2.05, 4.69) is 10.2 Å². The molecule has 0 aliphatic carbocycles. The summed E-state index contributed by atoms with van der Waals surface area (Å²) in [4.78, 5) is 28.0. The highest BCUT2D eigenvalue weighted by atomic mass is 35.5.